The number of carbonyl (C=O) groups excluding carboxylic acids is 2. The van der Waals surface area contributed by atoms with Gasteiger partial charge in [0.25, 0.3) is 0 Å². The molecule has 0 aliphatic carbocycles. The lowest BCUT2D eigenvalue weighted by Crippen LogP contribution is -2.56. The Bertz CT molecular complexity index is 708. The number of hydrogen-bond acceptors (Lipinski definition) is 3. The van der Waals surface area contributed by atoms with Gasteiger partial charge >= 0.3 is 6.18 Å². The number of alkyl halides is 3. The summed E-state index contributed by atoms with van der Waals surface area (Å²) < 4.78 is 40.9. The second kappa shape index (κ2) is 8.11. The van der Waals surface area contributed by atoms with Crippen LogP contribution in [0.25, 0.3) is 0 Å². The average Bonchev–Trinajstić information content (AvgIpc) is 3.05. The highest BCUT2D eigenvalue weighted by Gasteiger charge is 2.53. The minimum absolute atomic E-state index is 0.0144. The second-order valence-corrected chi connectivity index (χ2v) is 7.87. The average molecular weight is 397 g/mol. The molecule has 2 atom stereocenters. The quantitative estimate of drug-likeness (QED) is 0.784. The number of hydrogen-bond donors (Lipinski definition) is 0. The van der Waals surface area contributed by atoms with E-state index in [2.05, 4.69) is 0 Å². The largest absolute Gasteiger partial charge is 0.393 e. The first-order valence-electron chi connectivity index (χ1n) is 9.58. The van der Waals surface area contributed by atoms with Gasteiger partial charge in [0.2, 0.25) is 11.8 Å². The van der Waals surface area contributed by atoms with Crippen LogP contribution in [0.3, 0.4) is 0 Å². The highest BCUT2D eigenvalue weighted by atomic mass is 19.4. The summed E-state index contributed by atoms with van der Waals surface area (Å²) >= 11 is 0. The van der Waals surface area contributed by atoms with Crippen molar-refractivity contribution < 1.29 is 22.8 Å². The summed E-state index contributed by atoms with van der Waals surface area (Å²) in [6.07, 6.45) is -4.45. The van der Waals surface area contributed by atoms with Crippen LogP contribution < -0.4 is 0 Å². The van der Waals surface area contributed by atoms with Crippen molar-refractivity contribution >= 4 is 11.8 Å². The molecule has 0 N–H and O–H groups in total. The van der Waals surface area contributed by atoms with Crippen molar-refractivity contribution in [2.24, 2.45) is 11.8 Å². The summed E-state index contributed by atoms with van der Waals surface area (Å²) in [5, 5.41) is 0. The monoisotopic (exact) mass is 397 g/mol. The van der Waals surface area contributed by atoms with Crippen molar-refractivity contribution in [1.29, 1.82) is 0 Å². The van der Waals surface area contributed by atoms with Crippen LogP contribution in [0.5, 0.6) is 0 Å². The summed E-state index contributed by atoms with van der Waals surface area (Å²) in [6.45, 7) is 4.49. The van der Waals surface area contributed by atoms with E-state index in [-0.39, 0.29) is 38.1 Å². The predicted octanol–water partition coefficient (Wildman–Crippen LogP) is 2.38. The Morgan fingerprint density at radius 3 is 2.39 bits per heavy atom. The van der Waals surface area contributed by atoms with Gasteiger partial charge in [-0.15, -0.1) is 0 Å². The van der Waals surface area contributed by atoms with Crippen molar-refractivity contribution in [3.63, 3.8) is 0 Å². The van der Waals surface area contributed by atoms with Crippen molar-refractivity contribution in [3.8, 4) is 0 Å². The zero-order valence-electron chi connectivity index (χ0n) is 16.2. The Balaban J connectivity index is 1.71. The van der Waals surface area contributed by atoms with Crippen LogP contribution in [-0.2, 0) is 16.1 Å². The van der Waals surface area contributed by atoms with Crippen LogP contribution in [-0.4, -0.2) is 71.5 Å². The van der Waals surface area contributed by atoms with Crippen LogP contribution in [0.2, 0.25) is 0 Å². The Labute approximate surface area is 163 Å². The third kappa shape index (κ3) is 4.48. The fourth-order valence-electron chi connectivity index (χ4n) is 4.09. The van der Waals surface area contributed by atoms with Crippen molar-refractivity contribution in [3.05, 3.63) is 35.9 Å². The number of carbonyl (C=O) groups is 2. The number of nitrogens with zero attached hydrogens (tertiary/aromatic N) is 3. The van der Waals surface area contributed by atoms with Gasteiger partial charge in [0.05, 0.1) is 18.4 Å². The first-order chi connectivity index (χ1) is 13.2. The fourth-order valence-corrected chi connectivity index (χ4v) is 4.09. The molecule has 2 aliphatic heterocycles. The molecule has 2 heterocycles. The predicted molar refractivity (Wildman–Crippen MR) is 98.2 cm³/mol. The van der Waals surface area contributed by atoms with E-state index in [9.17, 15) is 22.8 Å². The van der Waals surface area contributed by atoms with Gasteiger partial charge in [-0.2, -0.15) is 13.2 Å². The first kappa shape index (κ1) is 20.6. The SMILES string of the molecule is CC(C)N1CCN(C(=O)[C@@H]2CN(Cc3ccccc3)C[C@H]2C(F)(F)F)CC1=O. The zero-order chi connectivity index (χ0) is 20.5. The van der Waals surface area contributed by atoms with Gasteiger partial charge in [0.15, 0.2) is 0 Å². The van der Waals surface area contributed by atoms with Gasteiger partial charge in [-0.25, -0.2) is 0 Å². The first-order valence-corrected chi connectivity index (χ1v) is 9.58. The minimum atomic E-state index is -4.45. The van der Waals surface area contributed by atoms with E-state index in [1.807, 2.05) is 44.2 Å². The summed E-state index contributed by atoms with van der Waals surface area (Å²) in [6, 6.07) is 9.28. The molecule has 2 saturated heterocycles. The minimum Gasteiger partial charge on any atom is -0.337 e. The van der Waals surface area contributed by atoms with Gasteiger partial charge in [-0.3, -0.25) is 14.5 Å². The fraction of sp³-hybridized carbons (Fsp3) is 0.600. The highest BCUT2D eigenvalue weighted by Crippen LogP contribution is 2.39. The van der Waals surface area contributed by atoms with Gasteiger partial charge in [-0.05, 0) is 19.4 Å². The van der Waals surface area contributed by atoms with Gasteiger partial charge in [-0.1, -0.05) is 30.3 Å². The van der Waals surface area contributed by atoms with Crippen LogP contribution in [0.15, 0.2) is 30.3 Å². The molecular formula is C20H26F3N3O2. The third-order valence-electron chi connectivity index (χ3n) is 5.57. The van der Waals surface area contributed by atoms with Crippen LogP contribution >= 0.6 is 0 Å². The molecule has 2 amide bonds. The van der Waals surface area contributed by atoms with Crippen LogP contribution in [0, 0.1) is 11.8 Å². The summed E-state index contributed by atoms with van der Waals surface area (Å²) in [4.78, 5) is 29.8. The maximum absolute atomic E-state index is 13.6. The summed E-state index contributed by atoms with van der Waals surface area (Å²) in [5.74, 6) is -3.64. The number of benzene rings is 1. The van der Waals surface area contributed by atoms with Gasteiger partial charge < -0.3 is 9.80 Å². The van der Waals surface area contributed by atoms with Gasteiger partial charge in [0, 0.05) is 38.8 Å². The number of piperazine rings is 1. The molecule has 0 aromatic heterocycles. The molecule has 5 nitrogen and oxygen atoms in total. The molecule has 2 aliphatic rings. The molecule has 28 heavy (non-hydrogen) atoms. The molecule has 0 spiro atoms. The lowest BCUT2D eigenvalue weighted by Gasteiger charge is -2.38. The molecular weight excluding hydrogens is 371 g/mol. The van der Waals surface area contributed by atoms with Crippen LogP contribution in [0.1, 0.15) is 19.4 Å². The Kier molecular flexibility index (Phi) is 5.98. The molecule has 0 bridgehead atoms. The Hall–Kier alpha value is -2.09. The molecule has 1 aromatic carbocycles. The van der Waals surface area contributed by atoms with E-state index in [0.29, 0.717) is 13.1 Å². The molecule has 8 heteroatoms. The molecule has 0 saturated carbocycles. The number of likely N-dealkylation sites (tertiary alicyclic amines) is 1. The molecule has 154 valence electrons. The van der Waals surface area contributed by atoms with E-state index in [1.54, 1.807) is 9.80 Å². The zero-order valence-corrected chi connectivity index (χ0v) is 16.2. The van der Waals surface area contributed by atoms with E-state index >= 15 is 0 Å². The van der Waals surface area contributed by atoms with E-state index in [1.165, 1.54) is 4.90 Å². The number of amides is 2. The standard InChI is InChI=1S/C20H26F3N3O2/c1-14(2)26-9-8-25(13-18(26)27)19(28)16-11-24(12-17(16)20(21,22)23)10-15-6-4-3-5-7-15/h3-7,14,16-17H,8-13H2,1-2H3/t16-,17-/m1/s1. The second-order valence-electron chi connectivity index (χ2n) is 7.87. The van der Waals surface area contributed by atoms with Crippen LogP contribution in [0.4, 0.5) is 13.2 Å². The number of rotatable bonds is 4. The van der Waals surface area contributed by atoms with E-state index < -0.39 is 23.9 Å². The highest BCUT2D eigenvalue weighted by molar-refractivity contribution is 5.87. The Morgan fingerprint density at radius 2 is 1.82 bits per heavy atom. The third-order valence-corrected chi connectivity index (χ3v) is 5.57. The van der Waals surface area contributed by atoms with Gasteiger partial charge in [0.1, 0.15) is 0 Å². The van der Waals surface area contributed by atoms with Crippen molar-refractivity contribution in [2.75, 3.05) is 32.7 Å². The molecule has 2 fully saturated rings. The normalized spacial score (nSPS) is 24.3. The van der Waals surface area contributed by atoms with Crippen molar-refractivity contribution in [2.45, 2.75) is 32.6 Å². The van der Waals surface area contributed by atoms with E-state index in [0.717, 1.165) is 5.56 Å². The smallest absolute Gasteiger partial charge is 0.337 e. The lowest BCUT2D eigenvalue weighted by molar-refractivity contribution is -0.186. The maximum atomic E-state index is 13.6. The Morgan fingerprint density at radius 1 is 1.14 bits per heavy atom. The maximum Gasteiger partial charge on any atom is 0.393 e. The summed E-state index contributed by atoms with van der Waals surface area (Å²) in [5.41, 5.74) is 0.914. The summed E-state index contributed by atoms with van der Waals surface area (Å²) in [7, 11) is 0. The molecule has 0 unspecified atom stereocenters. The lowest BCUT2D eigenvalue weighted by atomic mass is 9.93. The molecule has 3 rings (SSSR count). The topological polar surface area (TPSA) is 43.9 Å². The molecule has 0 radical (unpaired) electrons. The van der Waals surface area contributed by atoms with E-state index in [4.69, 9.17) is 0 Å². The molecule has 1 aromatic rings. The number of halogens is 3. The van der Waals surface area contributed by atoms with Crippen molar-refractivity contribution in [1.82, 2.24) is 14.7 Å².